The van der Waals surface area contributed by atoms with Gasteiger partial charge in [-0.1, -0.05) is 6.92 Å². The van der Waals surface area contributed by atoms with Gasteiger partial charge in [-0.15, -0.1) is 0 Å². The van der Waals surface area contributed by atoms with Gasteiger partial charge in [0.05, 0.1) is 0 Å². The van der Waals surface area contributed by atoms with Gasteiger partial charge in [-0.25, -0.2) is 0 Å². The first-order valence-corrected chi connectivity index (χ1v) is 4.43. The van der Waals surface area contributed by atoms with Crippen molar-refractivity contribution in [2.24, 2.45) is 5.92 Å². The van der Waals surface area contributed by atoms with Crippen LogP contribution in [-0.4, -0.2) is 23.6 Å². The maximum atomic E-state index is 11.4. The molecule has 1 atom stereocenters. The summed E-state index contributed by atoms with van der Waals surface area (Å²) in [4.78, 5) is 24.2. The van der Waals surface area contributed by atoms with E-state index in [9.17, 15) is 9.59 Å². The van der Waals surface area contributed by atoms with E-state index in [1.165, 1.54) is 0 Å². The van der Waals surface area contributed by atoms with Gasteiger partial charge in [0, 0.05) is 24.7 Å². The molecule has 0 aliphatic carbocycles. The molecule has 3 nitrogen and oxygen atoms in total. The number of amides is 1. The van der Waals surface area contributed by atoms with Crippen molar-refractivity contribution < 1.29 is 9.59 Å². The monoisotopic (exact) mass is 181 g/mol. The highest BCUT2D eigenvalue weighted by Crippen LogP contribution is 2.27. The second kappa shape index (κ2) is 3.32. The van der Waals surface area contributed by atoms with Gasteiger partial charge in [-0.3, -0.25) is 9.59 Å². The van der Waals surface area contributed by atoms with Crippen LogP contribution in [0.1, 0.15) is 27.2 Å². The molecule has 0 spiro atoms. The minimum Gasteiger partial charge on any atom is -0.319 e. The molecule has 13 heavy (non-hydrogen) atoms. The molecule has 1 aliphatic heterocycles. The van der Waals surface area contributed by atoms with E-state index in [1.54, 1.807) is 18.9 Å². The number of rotatable bonds is 1. The average Bonchev–Trinajstić information content (AvgIpc) is 1.99. The van der Waals surface area contributed by atoms with Crippen molar-refractivity contribution in [3.63, 3.8) is 0 Å². The maximum Gasteiger partial charge on any atom is 0.227 e. The molecule has 1 amide bonds. The Labute approximate surface area is 78.4 Å². The van der Waals surface area contributed by atoms with E-state index in [4.69, 9.17) is 0 Å². The van der Waals surface area contributed by atoms with E-state index in [1.807, 2.05) is 13.8 Å². The van der Waals surface area contributed by atoms with Gasteiger partial charge >= 0.3 is 0 Å². The first-order valence-electron chi connectivity index (χ1n) is 4.43. The SMILES string of the molecule is CC(=O)C1=C(C)N(C)C(=O)C[C@@H]1C. The van der Waals surface area contributed by atoms with Crippen LogP contribution in [0.5, 0.6) is 0 Å². The standard InChI is InChI=1S/C10H15NO2/c1-6-5-9(13)11(4)7(2)10(6)8(3)12/h6H,5H2,1-4H3/t6-/m0/s1. The van der Waals surface area contributed by atoms with Crippen molar-refractivity contribution in [3.05, 3.63) is 11.3 Å². The van der Waals surface area contributed by atoms with Crippen LogP contribution >= 0.6 is 0 Å². The smallest absolute Gasteiger partial charge is 0.227 e. The van der Waals surface area contributed by atoms with Crippen molar-refractivity contribution in [2.45, 2.75) is 27.2 Å². The molecule has 0 N–H and O–H groups in total. The summed E-state index contributed by atoms with van der Waals surface area (Å²) in [5, 5.41) is 0. The van der Waals surface area contributed by atoms with E-state index < -0.39 is 0 Å². The van der Waals surface area contributed by atoms with Crippen molar-refractivity contribution >= 4 is 11.7 Å². The Morgan fingerprint density at radius 3 is 2.54 bits per heavy atom. The van der Waals surface area contributed by atoms with Crippen molar-refractivity contribution in [1.29, 1.82) is 0 Å². The lowest BCUT2D eigenvalue weighted by Crippen LogP contribution is -2.34. The van der Waals surface area contributed by atoms with Crippen LogP contribution in [0, 0.1) is 5.92 Å². The topological polar surface area (TPSA) is 37.4 Å². The summed E-state index contributed by atoms with van der Waals surface area (Å²) < 4.78 is 0. The number of carbonyl (C=O) groups excluding carboxylic acids is 2. The fourth-order valence-electron chi connectivity index (χ4n) is 1.83. The molecule has 0 aromatic carbocycles. The first-order chi connectivity index (χ1) is 5.95. The molecule has 3 heteroatoms. The zero-order valence-corrected chi connectivity index (χ0v) is 8.55. The predicted molar refractivity (Wildman–Crippen MR) is 49.9 cm³/mol. The van der Waals surface area contributed by atoms with Crippen LogP contribution < -0.4 is 0 Å². The molecule has 0 saturated heterocycles. The number of allylic oxidation sites excluding steroid dienone is 2. The summed E-state index contributed by atoms with van der Waals surface area (Å²) >= 11 is 0. The Morgan fingerprint density at radius 2 is 2.08 bits per heavy atom. The zero-order chi connectivity index (χ0) is 10.2. The molecular formula is C10H15NO2. The third-order valence-corrected chi connectivity index (χ3v) is 2.62. The summed E-state index contributed by atoms with van der Waals surface area (Å²) in [5.41, 5.74) is 1.60. The Kier molecular flexibility index (Phi) is 2.55. The summed E-state index contributed by atoms with van der Waals surface area (Å²) in [6.45, 7) is 5.30. The quantitative estimate of drug-likeness (QED) is 0.612. The fourth-order valence-corrected chi connectivity index (χ4v) is 1.83. The number of carbonyl (C=O) groups is 2. The molecule has 0 fully saturated rings. The minimum atomic E-state index is 0.0706. The first kappa shape index (κ1) is 9.96. The molecule has 1 heterocycles. The van der Waals surface area contributed by atoms with Gasteiger partial charge in [-0.2, -0.15) is 0 Å². The highest BCUT2D eigenvalue weighted by atomic mass is 16.2. The molecule has 0 saturated carbocycles. The van der Waals surface area contributed by atoms with Crippen molar-refractivity contribution in [1.82, 2.24) is 4.90 Å². The number of ketones is 1. The van der Waals surface area contributed by atoms with E-state index in [0.29, 0.717) is 6.42 Å². The van der Waals surface area contributed by atoms with Gasteiger partial charge in [-0.05, 0) is 19.8 Å². The fraction of sp³-hybridized carbons (Fsp3) is 0.600. The van der Waals surface area contributed by atoms with Gasteiger partial charge < -0.3 is 4.90 Å². The van der Waals surface area contributed by atoms with E-state index in [0.717, 1.165) is 11.3 Å². The molecule has 0 radical (unpaired) electrons. The molecule has 0 unspecified atom stereocenters. The van der Waals surface area contributed by atoms with Crippen LogP contribution in [0.4, 0.5) is 0 Å². The van der Waals surface area contributed by atoms with Crippen LogP contribution in [-0.2, 0) is 9.59 Å². The number of hydrogen-bond donors (Lipinski definition) is 0. The molecule has 1 aliphatic rings. The molecule has 1 rings (SSSR count). The van der Waals surface area contributed by atoms with Crippen molar-refractivity contribution in [2.75, 3.05) is 7.05 Å². The highest BCUT2D eigenvalue weighted by molar-refractivity contribution is 5.97. The summed E-state index contributed by atoms with van der Waals surface area (Å²) in [6, 6.07) is 0. The molecule has 72 valence electrons. The van der Waals surface area contributed by atoms with Crippen LogP contribution in [0.3, 0.4) is 0 Å². The maximum absolute atomic E-state index is 11.4. The van der Waals surface area contributed by atoms with Gasteiger partial charge in [0.2, 0.25) is 5.91 Å². The second-order valence-corrected chi connectivity index (χ2v) is 3.61. The van der Waals surface area contributed by atoms with Gasteiger partial charge in [0.1, 0.15) is 0 Å². The molecule has 0 aromatic rings. The normalized spacial score (nSPS) is 23.8. The van der Waals surface area contributed by atoms with Gasteiger partial charge in [0.15, 0.2) is 5.78 Å². The van der Waals surface area contributed by atoms with E-state index in [2.05, 4.69) is 0 Å². The zero-order valence-electron chi connectivity index (χ0n) is 8.55. The van der Waals surface area contributed by atoms with Crippen LogP contribution in [0.2, 0.25) is 0 Å². The lowest BCUT2D eigenvalue weighted by atomic mass is 9.89. The van der Waals surface area contributed by atoms with Crippen molar-refractivity contribution in [3.8, 4) is 0 Å². The summed E-state index contributed by atoms with van der Waals surface area (Å²) in [5.74, 6) is 0.237. The second-order valence-electron chi connectivity index (χ2n) is 3.61. The Morgan fingerprint density at radius 1 is 1.54 bits per heavy atom. The van der Waals surface area contributed by atoms with E-state index in [-0.39, 0.29) is 17.6 Å². The number of nitrogens with zero attached hydrogens (tertiary/aromatic N) is 1. The summed E-state index contributed by atoms with van der Waals surface area (Å²) in [6.07, 6.45) is 0.447. The Hall–Kier alpha value is -1.12. The lowest BCUT2D eigenvalue weighted by Gasteiger charge is -2.29. The molecule has 0 bridgehead atoms. The van der Waals surface area contributed by atoms with E-state index >= 15 is 0 Å². The largest absolute Gasteiger partial charge is 0.319 e. The van der Waals surface area contributed by atoms with Gasteiger partial charge in [0.25, 0.3) is 0 Å². The molecule has 0 aromatic heterocycles. The highest BCUT2D eigenvalue weighted by Gasteiger charge is 2.28. The third kappa shape index (κ3) is 1.64. The molecular weight excluding hydrogens is 166 g/mol. The lowest BCUT2D eigenvalue weighted by molar-refractivity contribution is -0.130. The Balaban J connectivity index is 3.14. The average molecular weight is 181 g/mol. The minimum absolute atomic E-state index is 0.0706. The summed E-state index contributed by atoms with van der Waals surface area (Å²) in [7, 11) is 1.71. The van der Waals surface area contributed by atoms with Crippen LogP contribution in [0.15, 0.2) is 11.3 Å². The van der Waals surface area contributed by atoms with Crippen LogP contribution in [0.25, 0.3) is 0 Å². The third-order valence-electron chi connectivity index (χ3n) is 2.62. The number of Topliss-reactive ketones (excluding diaryl/α,β-unsaturated/α-hetero) is 1. The Bertz CT molecular complexity index is 291. The predicted octanol–water partition coefficient (Wildman–Crippen LogP) is 1.35. The number of hydrogen-bond acceptors (Lipinski definition) is 2.